The zero-order valence-electron chi connectivity index (χ0n) is 8.61. The maximum Gasteiger partial charge on any atom is 0.433 e. The van der Waals surface area contributed by atoms with Crippen molar-refractivity contribution >= 4 is 5.69 Å². The van der Waals surface area contributed by atoms with Crippen molar-refractivity contribution in [2.24, 2.45) is 0 Å². The van der Waals surface area contributed by atoms with Gasteiger partial charge in [0, 0.05) is 11.8 Å². The summed E-state index contributed by atoms with van der Waals surface area (Å²) in [5.41, 5.74) is 3.94. The number of ether oxygens (including phenoxy) is 1. The van der Waals surface area contributed by atoms with Crippen LogP contribution >= 0.6 is 0 Å². The Morgan fingerprint density at radius 3 is 2.59 bits per heavy atom. The number of hydrogen-bond donors (Lipinski definition) is 3. The normalized spacial score (nSPS) is 13.5. The molecule has 1 unspecified atom stereocenters. The highest BCUT2D eigenvalue weighted by molar-refractivity contribution is 5.43. The molecular weight excluding hydrogens is 241 g/mol. The molecule has 0 aliphatic carbocycles. The highest BCUT2D eigenvalue weighted by Crippen LogP contribution is 2.30. The molecule has 0 aromatic carbocycles. The molecule has 96 valence electrons. The fourth-order valence-electron chi connectivity index (χ4n) is 0.979. The van der Waals surface area contributed by atoms with Crippen LogP contribution in [0.25, 0.3) is 0 Å². The SMILES string of the molecule is Nc1cc(OCC(O)CO)nc(C(F)(F)F)c1. The summed E-state index contributed by atoms with van der Waals surface area (Å²) in [4.78, 5) is 3.19. The molecule has 4 N–H and O–H groups in total. The second-order valence-electron chi connectivity index (χ2n) is 3.27. The third kappa shape index (κ3) is 4.08. The Hall–Kier alpha value is -1.54. The molecule has 8 heteroatoms. The Bertz CT molecular complexity index is 384. The Morgan fingerprint density at radius 1 is 1.41 bits per heavy atom. The lowest BCUT2D eigenvalue weighted by Gasteiger charge is -2.12. The highest BCUT2D eigenvalue weighted by atomic mass is 19.4. The molecule has 1 aromatic heterocycles. The van der Waals surface area contributed by atoms with E-state index in [0.29, 0.717) is 6.07 Å². The van der Waals surface area contributed by atoms with Crippen LogP contribution < -0.4 is 10.5 Å². The van der Waals surface area contributed by atoms with Crippen molar-refractivity contribution in [3.8, 4) is 5.88 Å². The minimum atomic E-state index is -4.62. The Labute approximate surface area is 94.6 Å². The van der Waals surface area contributed by atoms with Gasteiger partial charge in [0.2, 0.25) is 5.88 Å². The lowest BCUT2D eigenvalue weighted by atomic mass is 10.3. The third-order valence-corrected chi connectivity index (χ3v) is 1.75. The van der Waals surface area contributed by atoms with Crippen molar-refractivity contribution < 1.29 is 28.1 Å². The summed E-state index contributed by atoms with van der Waals surface area (Å²) < 4.78 is 41.8. The van der Waals surface area contributed by atoms with Gasteiger partial charge in [-0.2, -0.15) is 13.2 Å². The summed E-state index contributed by atoms with van der Waals surface area (Å²) in [6, 6.07) is 1.77. The second kappa shape index (κ2) is 5.19. The van der Waals surface area contributed by atoms with E-state index in [0.717, 1.165) is 6.07 Å². The first-order valence-corrected chi connectivity index (χ1v) is 4.59. The standard InChI is InChI=1S/C9H11F3N2O3/c10-9(11,12)7-1-5(13)2-8(14-7)17-4-6(16)3-15/h1-2,6,15-16H,3-4H2,(H2,13,14). The third-order valence-electron chi connectivity index (χ3n) is 1.75. The first kappa shape index (κ1) is 13.5. The number of aliphatic hydroxyl groups is 2. The van der Waals surface area contributed by atoms with E-state index in [2.05, 4.69) is 4.98 Å². The average Bonchev–Trinajstić information content (AvgIpc) is 2.24. The zero-order chi connectivity index (χ0) is 13.1. The van der Waals surface area contributed by atoms with Gasteiger partial charge < -0.3 is 20.7 Å². The van der Waals surface area contributed by atoms with Crippen LogP contribution in [0.2, 0.25) is 0 Å². The predicted octanol–water partition coefficient (Wildman–Crippen LogP) is 0.415. The number of nitrogens with zero attached hydrogens (tertiary/aromatic N) is 1. The molecule has 5 nitrogen and oxygen atoms in total. The molecule has 1 rings (SSSR count). The highest BCUT2D eigenvalue weighted by Gasteiger charge is 2.33. The molecule has 0 bridgehead atoms. The summed E-state index contributed by atoms with van der Waals surface area (Å²) in [7, 11) is 0. The van der Waals surface area contributed by atoms with Crippen LogP contribution in [0.15, 0.2) is 12.1 Å². The van der Waals surface area contributed by atoms with Crippen LogP contribution in [0.5, 0.6) is 5.88 Å². The van der Waals surface area contributed by atoms with E-state index < -0.39 is 24.6 Å². The van der Waals surface area contributed by atoms with Crippen molar-refractivity contribution in [1.82, 2.24) is 4.98 Å². The van der Waals surface area contributed by atoms with E-state index in [1.165, 1.54) is 0 Å². The molecule has 0 saturated heterocycles. The zero-order valence-corrected chi connectivity index (χ0v) is 8.61. The summed E-state index contributed by atoms with van der Waals surface area (Å²) in [6.07, 6.45) is -5.81. The minimum Gasteiger partial charge on any atom is -0.475 e. The van der Waals surface area contributed by atoms with E-state index in [-0.39, 0.29) is 18.2 Å². The smallest absolute Gasteiger partial charge is 0.433 e. The van der Waals surface area contributed by atoms with E-state index >= 15 is 0 Å². The van der Waals surface area contributed by atoms with Gasteiger partial charge in [0.05, 0.1) is 6.61 Å². The first-order valence-electron chi connectivity index (χ1n) is 4.59. The maximum absolute atomic E-state index is 12.3. The second-order valence-corrected chi connectivity index (χ2v) is 3.27. The number of rotatable bonds is 4. The number of aliphatic hydroxyl groups excluding tert-OH is 2. The van der Waals surface area contributed by atoms with Crippen molar-refractivity contribution in [2.45, 2.75) is 12.3 Å². The van der Waals surface area contributed by atoms with Crippen molar-refractivity contribution in [3.05, 3.63) is 17.8 Å². The number of anilines is 1. The summed E-state index contributed by atoms with van der Waals surface area (Å²) >= 11 is 0. The van der Waals surface area contributed by atoms with Crippen molar-refractivity contribution in [2.75, 3.05) is 18.9 Å². The fraction of sp³-hybridized carbons (Fsp3) is 0.444. The number of halogens is 3. The largest absolute Gasteiger partial charge is 0.475 e. The molecule has 1 atom stereocenters. The van der Waals surface area contributed by atoms with Crippen LogP contribution in [0.3, 0.4) is 0 Å². The van der Waals surface area contributed by atoms with Gasteiger partial charge in [0.15, 0.2) is 5.69 Å². The van der Waals surface area contributed by atoms with Crippen molar-refractivity contribution in [1.29, 1.82) is 0 Å². The van der Waals surface area contributed by atoms with Crippen LogP contribution in [-0.2, 0) is 6.18 Å². The topological polar surface area (TPSA) is 88.6 Å². The Balaban J connectivity index is 2.83. The van der Waals surface area contributed by atoms with Gasteiger partial charge in [-0.3, -0.25) is 0 Å². The molecule has 17 heavy (non-hydrogen) atoms. The van der Waals surface area contributed by atoms with Gasteiger partial charge in [-0.05, 0) is 6.07 Å². The molecule has 0 amide bonds. The Morgan fingerprint density at radius 2 is 2.06 bits per heavy atom. The van der Waals surface area contributed by atoms with Gasteiger partial charge in [-0.25, -0.2) is 4.98 Å². The maximum atomic E-state index is 12.3. The van der Waals surface area contributed by atoms with E-state index in [1.807, 2.05) is 0 Å². The summed E-state index contributed by atoms with van der Waals surface area (Å²) in [5.74, 6) is -0.357. The van der Waals surface area contributed by atoms with Gasteiger partial charge in [-0.1, -0.05) is 0 Å². The van der Waals surface area contributed by atoms with E-state index in [1.54, 1.807) is 0 Å². The number of nitrogens with two attached hydrogens (primary N) is 1. The molecular formula is C9H11F3N2O3. The first-order chi connectivity index (χ1) is 7.82. The fourth-order valence-corrected chi connectivity index (χ4v) is 0.979. The Kier molecular flexibility index (Phi) is 4.13. The van der Waals surface area contributed by atoms with Crippen molar-refractivity contribution in [3.63, 3.8) is 0 Å². The molecule has 0 aliphatic rings. The molecule has 1 aromatic rings. The van der Waals surface area contributed by atoms with Crippen LogP contribution in [0, 0.1) is 0 Å². The molecule has 0 spiro atoms. The molecule has 1 heterocycles. The summed E-state index contributed by atoms with van der Waals surface area (Å²) in [5, 5.41) is 17.5. The van der Waals surface area contributed by atoms with E-state index in [4.69, 9.17) is 20.7 Å². The van der Waals surface area contributed by atoms with Crippen LogP contribution in [-0.4, -0.2) is 34.5 Å². The number of hydrogen-bond acceptors (Lipinski definition) is 5. The number of alkyl halides is 3. The number of aromatic nitrogens is 1. The lowest BCUT2D eigenvalue weighted by Crippen LogP contribution is -2.22. The molecule has 0 aliphatic heterocycles. The quantitative estimate of drug-likeness (QED) is 0.722. The number of pyridine rings is 1. The van der Waals surface area contributed by atoms with Gasteiger partial charge in [0.25, 0.3) is 0 Å². The van der Waals surface area contributed by atoms with E-state index in [9.17, 15) is 13.2 Å². The lowest BCUT2D eigenvalue weighted by molar-refractivity contribution is -0.141. The number of nitrogen functional groups attached to an aromatic ring is 1. The van der Waals surface area contributed by atoms with Crippen LogP contribution in [0.1, 0.15) is 5.69 Å². The molecule has 0 saturated carbocycles. The van der Waals surface area contributed by atoms with Crippen LogP contribution in [0.4, 0.5) is 18.9 Å². The van der Waals surface area contributed by atoms with Gasteiger partial charge in [0.1, 0.15) is 12.7 Å². The van der Waals surface area contributed by atoms with Gasteiger partial charge in [-0.15, -0.1) is 0 Å². The monoisotopic (exact) mass is 252 g/mol. The average molecular weight is 252 g/mol. The molecule has 0 radical (unpaired) electrons. The predicted molar refractivity (Wildman–Crippen MR) is 52.2 cm³/mol. The summed E-state index contributed by atoms with van der Waals surface area (Å²) in [6.45, 7) is -0.932. The van der Waals surface area contributed by atoms with Gasteiger partial charge >= 0.3 is 6.18 Å². The minimum absolute atomic E-state index is 0.152. The molecule has 0 fully saturated rings.